The predicted molar refractivity (Wildman–Crippen MR) is 129 cm³/mol. The smallest absolute Gasteiger partial charge is 0.181 e. The molecule has 5 rings (SSSR count). The van der Waals surface area contributed by atoms with Crippen molar-refractivity contribution in [1.82, 2.24) is 19.7 Å². The molecule has 0 bridgehead atoms. The maximum Gasteiger partial charge on any atom is 0.181 e. The number of aromatic nitrogens is 4. The average molecular weight is 444 g/mol. The van der Waals surface area contributed by atoms with Gasteiger partial charge < -0.3 is 15.2 Å². The van der Waals surface area contributed by atoms with Gasteiger partial charge in [-0.1, -0.05) is 24.3 Å². The van der Waals surface area contributed by atoms with Gasteiger partial charge in [-0.2, -0.15) is 5.10 Å². The molecule has 33 heavy (non-hydrogen) atoms. The van der Waals surface area contributed by atoms with Gasteiger partial charge in [-0.15, -0.1) is 0 Å². The zero-order valence-electron chi connectivity index (χ0n) is 19.1. The molecular formula is C26H29N5O2. The van der Waals surface area contributed by atoms with Crippen LogP contribution in [0.25, 0.3) is 33.7 Å². The van der Waals surface area contributed by atoms with Crippen LogP contribution in [0.2, 0.25) is 0 Å². The van der Waals surface area contributed by atoms with Crippen LogP contribution in [0.15, 0.2) is 54.7 Å². The lowest BCUT2D eigenvalue weighted by molar-refractivity contribution is -0.0365. The Balaban J connectivity index is 1.61. The number of hydrogen-bond acceptors (Lipinski definition) is 6. The predicted octanol–water partition coefficient (Wildman–Crippen LogP) is 5.11. The molecule has 170 valence electrons. The summed E-state index contributed by atoms with van der Waals surface area (Å²) >= 11 is 0. The number of ether oxygens (including phenoxy) is 2. The summed E-state index contributed by atoms with van der Waals surface area (Å²) in [6, 6.07) is 16.1. The maximum absolute atomic E-state index is 6.05. The van der Waals surface area contributed by atoms with Crippen LogP contribution in [0, 0.1) is 0 Å². The summed E-state index contributed by atoms with van der Waals surface area (Å²) in [5.41, 5.74) is 10.4. The van der Waals surface area contributed by atoms with Crippen molar-refractivity contribution in [3.05, 3.63) is 60.3 Å². The Morgan fingerprint density at radius 3 is 2.70 bits per heavy atom. The van der Waals surface area contributed by atoms with Crippen LogP contribution in [-0.4, -0.2) is 32.5 Å². The van der Waals surface area contributed by atoms with Crippen molar-refractivity contribution in [3.63, 3.8) is 0 Å². The summed E-state index contributed by atoms with van der Waals surface area (Å²) in [7, 11) is 0. The van der Waals surface area contributed by atoms with E-state index in [0.29, 0.717) is 12.4 Å². The Labute approximate surface area is 193 Å². The molecule has 0 amide bonds. The van der Waals surface area contributed by atoms with Gasteiger partial charge in [-0.05, 0) is 62.9 Å². The molecular weight excluding hydrogens is 414 g/mol. The molecule has 0 spiro atoms. The van der Waals surface area contributed by atoms with Crippen molar-refractivity contribution in [2.75, 3.05) is 6.61 Å². The summed E-state index contributed by atoms with van der Waals surface area (Å²) in [4.78, 5) is 9.45. The molecule has 4 aromatic rings. The Hall–Kier alpha value is -3.29. The van der Waals surface area contributed by atoms with Crippen LogP contribution in [0.4, 0.5) is 0 Å². The first-order valence-electron chi connectivity index (χ1n) is 11.6. The molecule has 1 aliphatic heterocycles. The molecule has 0 saturated carbocycles. The summed E-state index contributed by atoms with van der Waals surface area (Å²) in [6.07, 6.45) is 4.93. The maximum atomic E-state index is 6.05. The molecule has 1 unspecified atom stereocenters. The number of fused-ring (bicyclic) bond motifs is 1. The number of hydrogen-bond donors (Lipinski definition) is 1. The molecule has 2 aromatic heterocycles. The number of nitrogens with zero attached hydrogens (tertiary/aromatic N) is 4. The largest absolute Gasteiger partial charge is 0.491 e. The monoisotopic (exact) mass is 443 g/mol. The van der Waals surface area contributed by atoms with Gasteiger partial charge in [-0.3, -0.25) is 0 Å². The Bertz CT molecular complexity index is 1240. The van der Waals surface area contributed by atoms with Gasteiger partial charge in [0, 0.05) is 30.3 Å². The van der Waals surface area contributed by atoms with Gasteiger partial charge >= 0.3 is 0 Å². The summed E-state index contributed by atoms with van der Waals surface area (Å²) in [6.45, 7) is 5.31. The Morgan fingerprint density at radius 1 is 1.12 bits per heavy atom. The molecule has 7 heteroatoms. The highest BCUT2D eigenvalue weighted by atomic mass is 16.5. The molecule has 1 fully saturated rings. The van der Waals surface area contributed by atoms with Crippen LogP contribution in [-0.2, 0) is 11.3 Å². The summed E-state index contributed by atoms with van der Waals surface area (Å²) in [5, 5.41) is 5.92. The SMILES string of the molecule is CC(C)Oc1ccc2c(c1)c(-c1nccc(-c3ccc(CN)cc3)n1)nn2C1CCCCO1. The molecule has 2 N–H and O–H groups in total. The van der Waals surface area contributed by atoms with E-state index in [1.165, 1.54) is 0 Å². The lowest BCUT2D eigenvalue weighted by Gasteiger charge is -2.23. The number of nitrogens with two attached hydrogens (primary N) is 1. The molecule has 1 atom stereocenters. The highest BCUT2D eigenvalue weighted by Gasteiger charge is 2.23. The average Bonchev–Trinajstić information content (AvgIpc) is 3.23. The lowest BCUT2D eigenvalue weighted by Crippen LogP contribution is -2.19. The van der Waals surface area contributed by atoms with Gasteiger partial charge in [0.1, 0.15) is 11.4 Å². The van der Waals surface area contributed by atoms with E-state index in [2.05, 4.69) is 11.1 Å². The minimum Gasteiger partial charge on any atom is -0.491 e. The van der Waals surface area contributed by atoms with Gasteiger partial charge in [0.05, 0.1) is 17.3 Å². The third kappa shape index (κ3) is 4.47. The van der Waals surface area contributed by atoms with Crippen LogP contribution >= 0.6 is 0 Å². The fraction of sp³-hybridized carbons (Fsp3) is 0.346. The fourth-order valence-electron chi connectivity index (χ4n) is 4.21. The van der Waals surface area contributed by atoms with E-state index in [-0.39, 0.29) is 12.3 Å². The molecule has 1 aliphatic rings. The number of benzene rings is 2. The molecule has 7 nitrogen and oxygen atoms in total. The minimum atomic E-state index is -0.0844. The van der Waals surface area contributed by atoms with E-state index in [0.717, 1.165) is 65.0 Å². The summed E-state index contributed by atoms with van der Waals surface area (Å²) < 4.78 is 14.0. The molecule has 1 saturated heterocycles. The van der Waals surface area contributed by atoms with Crippen molar-refractivity contribution in [1.29, 1.82) is 0 Å². The second-order valence-corrected chi connectivity index (χ2v) is 8.63. The third-order valence-corrected chi connectivity index (χ3v) is 5.83. The first kappa shape index (κ1) is 21.6. The van der Waals surface area contributed by atoms with E-state index in [9.17, 15) is 0 Å². The first-order chi connectivity index (χ1) is 16.1. The number of rotatable bonds is 6. The highest BCUT2D eigenvalue weighted by Crippen LogP contribution is 2.34. The van der Waals surface area contributed by atoms with Gasteiger partial charge in [0.25, 0.3) is 0 Å². The topological polar surface area (TPSA) is 88.1 Å². The second kappa shape index (κ2) is 9.29. The van der Waals surface area contributed by atoms with Crippen LogP contribution < -0.4 is 10.5 Å². The van der Waals surface area contributed by atoms with Crippen molar-refractivity contribution in [2.24, 2.45) is 5.73 Å². The van der Waals surface area contributed by atoms with Crippen molar-refractivity contribution >= 4 is 10.9 Å². The quantitative estimate of drug-likeness (QED) is 0.446. The zero-order chi connectivity index (χ0) is 22.8. The van der Waals surface area contributed by atoms with Crippen LogP contribution in [0.1, 0.15) is 44.9 Å². The Morgan fingerprint density at radius 2 is 1.97 bits per heavy atom. The molecule has 3 heterocycles. The van der Waals surface area contributed by atoms with Crippen molar-refractivity contribution in [3.8, 4) is 28.5 Å². The van der Waals surface area contributed by atoms with Crippen molar-refractivity contribution < 1.29 is 9.47 Å². The standard InChI is InChI=1S/C26H29N5O2/c1-17(2)33-20-10-11-23-21(15-20)25(30-31(23)24-5-3-4-14-32-24)26-28-13-12-22(29-26)19-8-6-18(16-27)7-9-19/h6-13,15,17,24H,3-5,14,16,27H2,1-2H3. The Kier molecular flexibility index (Phi) is 6.07. The third-order valence-electron chi connectivity index (χ3n) is 5.83. The molecule has 2 aromatic carbocycles. The lowest BCUT2D eigenvalue weighted by atomic mass is 10.1. The molecule has 0 radical (unpaired) electrons. The van der Waals surface area contributed by atoms with Gasteiger partial charge in [0.2, 0.25) is 0 Å². The van der Waals surface area contributed by atoms with Gasteiger partial charge in [0.15, 0.2) is 12.1 Å². The van der Waals surface area contributed by atoms with E-state index >= 15 is 0 Å². The zero-order valence-corrected chi connectivity index (χ0v) is 19.1. The summed E-state index contributed by atoms with van der Waals surface area (Å²) in [5.74, 6) is 1.38. The van der Waals surface area contributed by atoms with Crippen molar-refractivity contribution in [2.45, 2.75) is 52.0 Å². The van der Waals surface area contributed by atoms with E-state index in [1.54, 1.807) is 6.20 Å². The van der Waals surface area contributed by atoms with Crippen LogP contribution in [0.3, 0.4) is 0 Å². The van der Waals surface area contributed by atoms with E-state index in [1.807, 2.05) is 61.0 Å². The fourth-order valence-corrected chi connectivity index (χ4v) is 4.21. The minimum absolute atomic E-state index is 0.0821. The van der Waals surface area contributed by atoms with Gasteiger partial charge in [-0.25, -0.2) is 14.6 Å². The van der Waals surface area contributed by atoms with E-state index < -0.39 is 0 Å². The van der Waals surface area contributed by atoms with E-state index in [4.69, 9.17) is 25.3 Å². The normalized spacial score (nSPS) is 16.4. The van der Waals surface area contributed by atoms with Crippen LogP contribution in [0.5, 0.6) is 5.75 Å². The first-order valence-corrected chi connectivity index (χ1v) is 11.6. The highest BCUT2D eigenvalue weighted by molar-refractivity contribution is 5.93. The molecule has 0 aliphatic carbocycles. The second-order valence-electron chi connectivity index (χ2n) is 8.63.